The van der Waals surface area contributed by atoms with Crippen LogP contribution in [0.2, 0.25) is 0 Å². The van der Waals surface area contributed by atoms with Crippen LogP contribution in [-0.2, 0) is 16.2 Å². The van der Waals surface area contributed by atoms with Gasteiger partial charge in [0.05, 0.1) is 22.7 Å². The molecule has 1 aromatic carbocycles. The largest absolute Gasteiger partial charge is 0.391 e. The molecular formula is C16H27NO2S. The molecule has 0 fully saturated rings. The van der Waals surface area contributed by atoms with Crippen molar-refractivity contribution >= 4 is 10.8 Å². The topological polar surface area (TPSA) is 49.3 Å². The summed E-state index contributed by atoms with van der Waals surface area (Å²) in [7, 11) is -1.14. The Morgan fingerprint density at radius 3 is 2.35 bits per heavy atom. The fourth-order valence-corrected chi connectivity index (χ4v) is 2.98. The van der Waals surface area contributed by atoms with Gasteiger partial charge in [0.1, 0.15) is 0 Å². The van der Waals surface area contributed by atoms with E-state index >= 15 is 0 Å². The molecule has 1 aromatic rings. The molecule has 0 aliphatic rings. The van der Waals surface area contributed by atoms with Crippen LogP contribution in [0, 0.1) is 0 Å². The molecule has 0 aliphatic heterocycles. The lowest BCUT2D eigenvalue weighted by Crippen LogP contribution is -2.31. The third kappa shape index (κ3) is 5.73. The lowest BCUT2D eigenvalue weighted by Gasteiger charge is -2.19. The SMILES string of the molecule is CCCNCC(O)CS(=O)c1ccc(C(C)(C)C)cc1. The van der Waals surface area contributed by atoms with Gasteiger partial charge in [-0.15, -0.1) is 0 Å². The smallest absolute Gasteiger partial charge is 0.0783 e. The average molecular weight is 297 g/mol. The third-order valence-corrected chi connectivity index (χ3v) is 4.62. The van der Waals surface area contributed by atoms with Crippen molar-refractivity contribution in [3.8, 4) is 0 Å². The molecule has 0 amide bonds. The summed E-state index contributed by atoms with van der Waals surface area (Å²) in [5.41, 5.74) is 1.33. The van der Waals surface area contributed by atoms with Crippen molar-refractivity contribution in [1.82, 2.24) is 5.32 Å². The zero-order chi connectivity index (χ0) is 15.2. The molecule has 0 spiro atoms. The second-order valence-corrected chi connectivity index (χ2v) is 7.64. The summed E-state index contributed by atoms with van der Waals surface area (Å²) in [4.78, 5) is 0.785. The van der Waals surface area contributed by atoms with Gasteiger partial charge in [-0.2, -0.15) is 0 Å². The van der Waals surface area contributed by atoms with Crippen molar-refractivity contribution in [2.45, 2.75) is 50.5 Å². The summed E-state index contributed by atoms with van der Waals surface area (Å²) in [5, 5.41) is 13.0. The normalized spacial score (nSPS) is 15.1. The summed E-state index contributed by atoms with van der Waals surface area (Å²) in [6.07, 6.45) is 0.467. The van der Waals surface area contributed by atoms with E-state index in [-0.39, 0.29) is 11.2 Å². The zero-order valence-electron chi connectivity index (χ0n) is 13.0. The van der Waals surface area contributed by atoms with Gasteiger partial charge in [0.15, 0.2) is 0 Å². The van der Waals surface area contributed by atoms with E-state index in [2.05, 4.69) is 33.0 Å². The molecule has 2 N–H and O–H groups in total. The molecule has 0 radical (unpaired) electrons. The quantitative estimate of drug-likeness (QED) is 0.760. The van der Waals surface area contributed by atoms with Gasteiger partial charge in [0, 0.05) is 11.4 Å². The van der Waals surface area contributed by atoms with Crippen molar-refractivity contribution in [1.29, 1.82) is 0 Å². The highest BCUT2D eigenvalue weighted by Crippen LogP contribution is 2.23. The van der Waals surface area contributed by atoms with E-state index in [9.17, 15) is 9.32 Å². The highest BCUT2D eigenvalue weighted by Gasteiger charge is 2.15. The molecule has 20 heavy (non-hydrogen) atoms. The van der Waals surface area contributed by atoms with E-state index in [1.54, 1.807) is 0 Å². The molecule has 2 unspecified atom stereocenters. The van der Waals surface area contributed by atoms with Crippen LogP contribution in [0.15, 0.2) is 29.2 Å². The predicted octanol–water partition coefficient (Wildman–Crippen LogP) is 2.45. The van der Waals surface area contributed by atoms with Gasteiger partial charge in [-0.05, 0) is 36.1 Å². The van der Waals surface area contributed by atoms with Crippen molar-refractivity contribution in [3.05, 3.63) is 29.8 Å². The maximum absolute atomic E-state index is 12.2. The summed E-state index contributed by atoms with van der Waals surface area (Å²) < 4.78 is 12.2. The van der Waals surface area contributed by atoms with Gasteiger partial charge in [-0.3, -0.25) is 4.21 Å². The molecule has 3 nitrogen and oxygen atoms in total. The minimum absolute atomic E-state index is 0.101. The molecule has 0 saturated heterocycles. The second-order valence-electron chi connectivity index (χ2n) is 6.14. The Morgan fingerprint density at radius 2 is 1.85 bits per heavy atom. The first-order chi connectivity index (χ1) is 9.34. The van der Waals surface area contributed by atoms with E-state index in [0.717, 1.165) is 17.9 Å². The van der Waals surface area contributed by atoms with Crippen molar-refractivity contribution in [3.63, 3.8) is 0 Å². The maximum Gasteiger partial charge on any atom is 0.0783 e. The van der Waals surface area contributed by atoms with Crippen LogP contribution in [0.3, 0.4) is 0 Å². The van der Waals surface area contributed by atoms with Crippen LogP contribution in [-0.4, -0.2) is 34.3 Å². The van der Waals surface area contributed by atoms with Crippen LogP contribution in [0.4, 0.5) is 0 Å². The summed E-state index contributed by atoms with van der Waals surface area (Å²) in [6, 6.07) is 7.86. The Hall–Kier alpha value is -0.710. The minimum Gasteiger partial charge on any atom is -0.391 e. The van der Waals surface area contributed by atoms with Crippen molar-refractivity contribution < 1.29 is 9.32 Å². The molecular weight excluding hydrogens is 270 g/mol. The summed E-state index contributed by atoms with van der Waals surface area (Å²) in [6.45, 7) is 9.92. The fourth-order valence-electron chi connectivity index (χ4n) is 1.88. The number of aliphatic hydroxyl groups is 1. The van der Waals surface area contributed by atoms with Crippen LogP contribution < -0.4 is 5.32 Å². The van der Waals surface area contributed by atoms with Gasteiger partial charge >= 0.3 is 0 Å². The van der Waals surface area contributed by atoms with Crippen molar-refractivity contribution in [2.24, 2.45) is 0 Å². The lowest BCUT2D eigenvalue weighted by atomic mass is 9.87. The lowest BCUT2D eigenvalue weighted by molar-refractivity contribution is 0.195. The number of nitrogens with one attached hydrogen (secondary N) is 1. The number of aliphatic hydroxyl groups excluding tert-OH is 1. The number of hydrogen-bond donors (Lipinski definition) is 2. The first-order valence-electron chi connectivity index (χ1n) is 7.22. The number of rotatable bonds is 7. The number of benzene rings is 1. The predicted molar refractivity (Wildman–Crippen MR) is 85.6 cm³/mol. The average Bonchev–Trinajstić information content (AvgIpc) is 2.38. The maximum atomic E-state index is 12.2. The van der Waals surface area contributed by atoms with Crippen LogP contribution in [0.1, 0.15) is 39.7 Å². The Balaban J connectivity index is 2.55. The molecule has 114 valence electrons. The Morgan fingerprint density at radius 1 is 1.25 bits per heavy atom. The van der Waals surface area contributed by atoms with Crippen LogP contribution >= 0.6 is 0 Å². The summed E-state index contributed by atoms with van der Waals surface area (Å²) >= 11 is 0. The first-order valence-corrected chi connectivity index (χ1v) is 8.54. The molecule has 0 aliphatic carbocycles. The molecule has 0 heterocycles. The Bertz CT molecular complexity index is 423. The van der Waals surface area contributed by atoms with E-state index in [1.807, 2.05) is 24.3 Å². The molecule has 2 atom stereocenters. The Kier molecular flexibility index (Phi) is 6.86. The molecule has 0 bridgehead atoms. The van der Waals surface area contributed by atoms with E-state index in [4.69, 9.17) is 0 Å². The van der Waals surface area contributed by atoms with Gasteiger partial charge in [0.2, 0.25) is 0 Å². The fraction of sp³-hybridized carbons (Fsp3) is 0.625. The molecule has 0 saturated carbocycles. The first kappa shape index (κ1) is 17.3. The summed E-state index contributed by atoms with van der Waals surface area (Å²) in [5.74, 6) is 0.283. The monoisotopic (exact) mass is 297 g/mol. The highest BCUT2D eigenvalue weighted by atomic mass is 32.2. The van der Waals surface area contributed by atoms with Crippen LogP contribution in [0.25, 0.3) is 0 Å². The third-order valence-electron chi connectivity index (χ3n) is 3.13. The van der Waals surface area contributed by atoms with Crippen molar-refractivity contribution in [2.75, 3.05) is 18.8 Å². The van der Waals surface area contributed by atoms with Gasteiger partial charge in [-0.1, -0.05) is 39.8 Å². The van der Waals surface area contributed by atoms with E-state index in [1.165, 1.54) is 5.56 Å². The van der Waals surface area contributed by atoms with E-state index < -0.39 is 16.9 Å². The standard InChI is InChI=1S/C16H27NO2S/c1-5-10-17-11-14(18)12-20(19)15-8-6-13(7-9-15)16(2,3)4/h6-9,14,17-18H,5,10-12H2,1-4H3. The zero-order valence-corrected chi connectivity index (χ0v) is 13.8. The second kappa shape index (κ2) is 7.91. The van der Waals surface area contributed by atoms with E-state index in [0.29, 0.717) is 6.54 Å². The number of hydrogen-bond acceptors (Lipinski definition) is 3. The minimum atomic E-state index is -1.14. The highest BCUT2D eigenvalue weighted by molar-refractivity contribution is 7.85. The molecule has 0 aromatic heterocycles. The molecule has 1 rings (SSSR count). The molecule has 4 heteroatoms. The van der Waals surface area contributed by atoms with Gasteiger partial charge in [-0.25, -0.2) is 0 Å². The van der Waals surface area contributed by atoms with Gasteiger partial charge < -0.3 is 10.4 Å². The Labute approximate surface area is 125 Å². The van der Waals surface area contributed by atoms with Gasteiger partial charge in [0.25, 0.3) is 0 Å². The van der Waals surface area contributed by atoms with Crippen LogP contribution in [0.5, 0.6) is 0 Å².